The molecule has 1 saturated heterocycles. The van der Waals surface area contributed by atoms with Gasteiger partial charge in [-0.1, -0.05) is 0 Å². The minimum absolute atomic E-state index is 0.0658. The van der Waals surface area contributed by atoms with Crippen LogP contribution in [0.1, 0.15) is 40.2 Å². The van der Waals surface area contributed by atoms with Gasteiger partial charge in [0.1, 0.15) is 11.8 Å². The lowest BCUT2D eigenvalue weighted by Crippen LogP contribution is -2.38. The van der Waals surface area contributed by atoms with Crippen molar-refractivity contribution in [1.82, 2.24) is 19.7 Å². The molecule has 0 bridgehead atoms. The van der Waals surface area contributed by atoms with E-state index in [9.17, 15) is 4.79 Å². The SMILES string of the molecule is Cc1cnn(C[C@@H]2CCCN2C(=O)c2ccc(C#N)c(C)n2)c1. The number of nitrogens with zero attached hydrogens (tertiary/aromatic N) is 5. The van der Waals surface area contributed by atoms with Gasteiger partial charge < -0.3 is 4.90 Å². The topological polar surface area (TPSA) is 74.8 Å². The number of rotatable bonds is 3. The second-order valence-electron chi connectivity index (χ2n) is 5.98. The highest BCUT2D eigenvalue weighted by Gasteiger charge is 2.30. The molecular formula is C17H19N5O. The molecule has 23 heavy (non-hydrogen) atoms. The van der Waals surface area contributed by atoms with Crippen LogP contribution in [0.5, 0.6) is 0 Å². The van der Waals surface area contributed by atoms with E-state index in [1.807, 2.05) is 28.9 Å². The van der Waals surface area contributed by atoms with Crippen LogP contribution in [0.3, 0.4) is 0 Å². The summed E-state index contributed by atoms with van der Waals surface area (Å²) in [5.41, 5.74) is 2.62. The summed E-state index contributed by atoms with van der Waals surface area (Å²) in [6, 6.07) is 5.52. The van der Waals surface area contributed by atoms with Crippen molar-refractivity contribution in [2.45, 2.75) is 39.3 Å². The van der Waals surface area contributed by atoms with Crippen LogP contribution in [0, 0.1) is 25.2 Å². The predicted octanol–water partition coefficient (Wildman–Crippen LogP) is 2.07. The van der Waals surface area contributed by atoms with Gasteiger partial charge in [0.15, 0.2) is 0 Å². The van der Waals surface area contributed by atoms with Gasteiger partial charge >= 0.3 is 0 Å². The zero-order valence-corrected chi connectivity index (χ0v) is 13.4. The third-order valence-electron chi connectivity index (χ3n) is 4.22. The van der Waals surface area contributed by atoms with Crippen LogP contribution in [-0.4, -0.2) is 38.2 Å². The number of pyridine rings is 1. The fraction of sp³-hybridized carbons (Fsp3) is 0.412. The normalized spacial score (nSPS) is 17.3. The molecule has 1 amide bonds. The second-order valence-corrected chi connectivity index (χ2v) is 5.98. The molecule has 3 heterocycles. The summed E-state index contributed by atoms with van der Waals surface area (Å²) in [6.07, 6.45) is 5.78. The molecule has 0 spiro atoms. The van der Waals surface area contributed by atoms with Gasteiger partial charge in [-0.2, -0.15) is 10.4 Å². The van der Waals surface area contributed by atoms with Crippen LogP contribution in [-0.2, 0) is 6.54 Å². The first kappa shape index (κ1) is 15.2. The van der Waals surface area contributed by atoms with Crippen LogP contribution in [0.25, 0.3) is 0 Å². The van der Waals surface area contributed by atoms with Gasteiger partial charge in [0.25, 0.3) is 5.91 Å². The van der Waals surface area contributed by atoms with Crippen LogP contribution in [0.15, 0.2) is 24.5 Å². The fourth-order valence-corrected chi connectivity index (χ4v) is 3.02. The molecule has 0 saturated carbocycles. The van der Waals surface area contributed by atoms with Gasteiger partial charge in [-0.25, -0.2) is 4.98 Å². The van der Waals surface area contributed by atoms with Crippen LogP contribution in [0.4, 0.5) is 0 Å². The highest BCUT2D eigenvalue weighted by atomic mass is 16.2. The lowest BCUT2D eigenvalue weighted by atomic mass is 10.2. The second kappa shape index (κ2) is 6.21. The van der Waals surface area contributed by atoms with E-state index in [4.69, 9.17) is 5.26 Å². The summed E-state index contributed by atoms with van der Waals surface area (Å²) in [7, 11) is 0. The molecule has 3 rings (SSSR count). The van der Waals surface area contributed by atoms with E-state index in [2.05, 4.69) is 16.2 Å². The van der Waals surface area contributed by atoms with Crippen molar-refractivity contribution in [3.63, 3.8) is 0 Å². The molecule has 2 aromatic rings. The minimum Gasteiger partial charge on any atom is -0.332 e. The maximum absolute atomic E-state index is 12.8. The monoisotopic (exact) mass is 309 g/mol. The average Bonchev–Trinajstić information content (AvgIpc) is 3.16. The van der Waals surface area contributed by atoms with E-state index in [1.54, 1.807) is 19.1 Å². The van der Waals surface area contributed by atoms with Gasteiger partial charge in [0.2, 0.25) is 0 Å². The minimum atomic E-state index is -0.0658. The van der Waals surface area contributed by atoms with Gasteiger partial charge in [-0.3, -0.25) is 9.48 Å². The van der Waals surface area contributed by atoms with Gasteiger partial charge in [-0.15, -0.1) is 0 Å². The number of hydrogen-bond donors (Lipinski definition) is 0. The number of carbonyl (C=O) groups is 1. The van der Waals surface area contributed by atoms with Crippen LogP contribution >= 0.6 is 0 Å². The lowest BCUT2D eigenvalue weighted by Gasteiger charge is -2.24. The molecule has 6 heteroatoms. The molecule has 1 aliphatic heterocycles. The number of amides is 1. The molecule has 1 atom stereocenters. The van der Waals surface area contributed by atoms with Crippen molar-refractivity contribution in [2.24, 2.45) is 0 Å². The van der Waals surface area contributed by atoms with Gasteiger partial charge in [0, 0.05) is 12.7 Å². The van der Waals surface area contributed by atoms with Crippen molar-refractivity contribution in [3.8, 4) is 6.07 Å². The molecule has 1 aliphatic rings. The summed E-state index contributed by atoms with van der Waals surface area (Å²) >= 11 is 0. The number of hydrogen-bond acceptors (Lipinski definition) is 4. The highest BCUT2D eigenvalue weighted by molar-refractivity contribution is 5.92. The van der Waals surface area contributed by atoms with E-state index in [-0.39, 0.29) is 11.9 Å². The van der Waals surface area contributed by atoms with Crippen molar-refractivity contribution in [1.29, 1.82) is 5.26 Å². The van der Waals surface area contributed by atoms with Gasteiger partial charge in [-0.05, 0) is 44.4 Å². The molecular weight excluding hydrogens is 290 g/mol. The molecule has 6 nitrogen and oxygen atoms in total. The van der Waals surface area contributed by atoms with Crippen LogP contribution < -0.4 is 0 Å². The first-order valence-electron chi connectivity index (χ1n) is 7.76. The molecule has 0 N–H and O–H groups in total. The van der Waals surface area contributed by atoms with Gasteiger partial charge in [0.05, 0.1) is 30.0 Å². The molecule has 0 aliphatic carbocycles. The number of likely N-dealkylation sites (tertiary alicyclic amines) is 1. The molecule has 118 valence electrons. The summed E-state index contributed by atoms with van der Waals surface area (Å²) < 4.78 is 1.89. The molecule has 2 aromatic heterocycles. The predicted molar refractivity (Wildman–Crippen MR) is 84.7 cm³/mol. The van der Waals surface area contributed by atoms with E-state index in [0.29, 0.717) is 23.5 Å². The largest absolute Gasteiger partial charge is 0.332 e. The quantitative estimate of drug-likeness (QED) is 0.870. The maximum atomic E-state index is 12.8. The zero-order chi connectivity index (χ0) is 16.4. The molecule has 0 aromatic carbocycles. The molecule has 0 radical (unpaired) electrons. The Balaban J connectivity index is 1.78. The summed E-state index contributed by atoms with van der Waals surface area (Å²) in [6.45, 7) is 5.20. The van der Waals surface area contributed by atoms with E-state index >= 15 is 0 Å². The number of nitriles is 1. The smallest absolute Gasteiger partial charge is 0.272 e. The first-order valence-corrected chi connectivity index (χ1v) is 7.76. The number of aromatic nitrogens is 3. The Kier molecular flexibility index (Phi) is 4.11. The lowest BCUT2D eigenvalue weighted by molar-refractivity contribution is 0.0715. The number of carbonyl (C=O) groups excluding carboxylic acids is 1. The Morgan fingerprint density at radius 1 is 1.43 bits per heavy atom. The summed E-state index contributed by atoms with van der Waals surface area (Å²) in [4.78, 5) is 18.9. The van der Waals surface area contributed by atoms with Crippen molar-refractivity contribution < 1.29 is 4.79 Å². The average molecular weight is 309 g/mol. The maximum Gasteiger partial charge on any atom is 0.272 e. The van der Waals surface area contributed by atoms with Crippen molar-refractivity contribution >= 4 is 5.91 Å². The highest BCUT2D eigenvalue weighted by Crippen LogP contribution is 2.21. The Morgan fingerprint density at radius 2 is 2.26 bits per heavy atom. The Bertz CT molecular complexity index is 774. The Labute approximate surface area is 135 Å². The zero-order valence-electron chi connectivity index (χ0n) is 13.4. The Hall–Kier alpha value is -2.68. The van der Waals surface area contributed by atoms with E-state index in [1.165, 1.54) is 0 Å². The van der Waals surface area contributed by atoms with Crippen LogP contribution in [0.2, 0.25) is 0 Å². The molecule has 0 unspecified atom stereocenters. The summed E-state index contributed by atoms with van der Waals surface area (Å²) in [5, 5.41) is 13.3. The van der Waals surface area contributed by atoms with E-state index < -0.39 is 0 Å². The molecule has 1 fully saturated rings. The first-order chi connectivity index (χ1) is 11.1. The van der Waals surface area contributed by atoms with Crippen molar-refractivity contribution in [2.75, 3.05) is 6.54 Å². The summed E-state index contributed by atoms with van der Waals surface area (Å²) in [5.74, 6) is -0.0658. The van der Waals surface area contributed by atoms with Crippen molar-refractivity contribution in [3.05, 3.63) is 47.0 Å². The third-order valence-corrected chi connectivity index (χ3v) is 4.22. The fourth-order valence-electron chi connectivity index (χ4n) is 3.02. The third kappa shape index (κ3) is 3.09. The van der Waals surface area contributed by atoms with E-state index in [0.717, 1.165) is 24.9 Å². The standard InChI is InChI=1S/C17H19N5O/c1-12-9-19-21(10-12)11-15-4-3-7-22(15)17(23)16-6-5-14(8-18)13(2)20-16/h5-6,9-10,15H,3-4,7,11H2,1-2H3/t15-/m0/s1. The Morgan fingerprint density at radius 3 is 2.91 bits per heavy atom. The number of aryl methyl sites for hydroxylation is 2.